The highest BCUT2D eigenvalue weighted by Crippen LogP contribution is 2.15. The molecule has 1 aromatic rings. The average molecular weight is 271 g/mol. The number of nitrogens with one attached hydrogen (secondary N) is 2. The molecule has 1 unspecified atom stereocenters. The van der Waals surface area contributed by atoms with E-state index in [2.05, 4.69) is 10.1 Å². The SMILES string of the molecule is CCC(NS(=O)(=O)c1ccc(NN)cc1)C(C)C. The van der Waals surface area contributed by atoms with Gasteiger partial charge in [-0.05, 0) is 36.6 Å². The molecule has 0 saturated heterocycles. The van der Waals surface area contributed by atoms with Gasteiger partial charge in [-0.1, -0.05) is 20.8 Å². The normalized spacial score (nSPS) is 13.6. The number of rotatable bonds is 6. The first-order valence-corrected chi connectivity index (χ1v) is 7.48. The fraction of sp³-hybridized carbons (Fsp3) is 0.500. The lowest BCUT2D eigenvalue weighted by molar-refractivity contribution is 0.437. The van der Waals surface area contributed by atoms with E-state index in [1.165, 1.54) is 12.1 Å². The number of hydrogen-bond donors (Lipinski definition) is 3. The monoisotopic (exact) mass is 271 g/mol. The van der Waals surface area contributed by atoms with Crippen LogP contribution in [0.25, 0.3) is 0 Å². The highest BCUT2D eigenvalue weighted by atomic mass is 32.2. The molecule has 0 aliphatic rings. The zero-order chi connectivity index (χ0) is 13.8. The second-order valence-corrected chi connectivity index (χ2v) is 6.26. The first kappa shape index (κ1) is 14.9. The van der Waals surface area contributed by atoms with Crippen LogP contribution in [0.5, 0.6) is 0 Å². The molecule has 5 nitrogen and oxygen atoms in total. The Labute approximate surface area is 109 Å². The molecule has 18 heavy (non-hydrogen) atoms. The fourth-order valence-electron chi connectivity index (χ4n) is 1.69. The summed E-state index contributed by atoms with van der Waals surface area (Å²) in [6.07, 6.45) is 0.763. The topological polar surface area (TPSA) is 84.2 Å². The van der Waals surface area contributed by atoms with Crippen molar-refractivity contribution in [1.29, 1.82) is 0 Å². The minimum Gasteiger partial charge on any atom is -0.324 e. The molecule has 0 fully saturated rings. The second kappa shape index (κ2) is 6.17. The Balaban J connectivity index is 2.91. The summed E-state index contributed by atoms with van der Waals surface area (Å²) in [5, 5.41) is 0. The fourth-order valence-corrected chi connectivity index (χ4v) is 3.16. The quantitative estimate of drug-likeness (QED) is 0.543. The van der Waals surface area contributed by atoms with E-state index in [9.17, 15) is 8.42 Å². The molecule has 0 aromatic heterocycles. The van der Waals surface area contributed by atoms with Crippen molar-refractivity contribution < 1.29 is 8.42 Å². The van der Waals surface area contributed by atoms with E-state index in [1.54, 1.807) is 12.1 Å². The van der Waals surface area contributed by atoms with Crippen LogP contribution < -0.4 is 16.0 Å². The van der Waals surface area contributed by atoms with Gasteiger partial charge in [0.1, 0.15) is 0 Å². The van der Waals surface area contributed by atoms with Crippen LogP contribution in [0.4, 0.5) is 5.69 Å². The van der Waals surface area contributed by atoms with Crippen LogP contribution in [-0.2, 0) is 10.0 Å². The van der Waals surface area contributed by atoms with Gasteiger partial charge in [0.15, 0.2) is 0 Å². The van der Waals surface area contributed by atoms with Gasteiger partial charge in [0.2, 0.25) is 10.0 Å². The minimum absolute atomic E-state index is 0.0534. The van der Waals surface area contributed by atoms with Crippen molar-refractivity contribution >= 4 is 15.7 Å². The Bertz CT molecular complexity index is 469. The maximum atomic E-state index is 12.1. The third-order valence-corrected chi connectivity index (χ3v) is 4.39. The van der Waals surface area contributed by atoms with Crippen molar-refractivity contribution in [3.05, 3.63) is 24.3 Å². The summed E-state index contributed by atoms with van der Waals surface area (Å²) >= 11 is 0. The number of hydrogen-bond acceptors (Lipinski definition) is 4. The molecule has 102 valence electrons. The third kappa shape index (κ3) is 3.69. The van der Waals surface area contributed by atoms with Gasteiger partial charge in [-0.2, -0.15) is 0 Å². The van der Waals surface area contributed by atoms with Crippen LogP contribution in [0.2, 0.25) is 0 Å². The van der Waals surface area contributed by atoms with E-state index >= 15 is 0 Å². The Morgan fingerprint density at radius 1 is 1.22 bits per heavy atom. The number of benzene rings is 1. The molecule has 6 heteroatoms. The van der Waals surface area contributed by atoms with Crippen molar-refractivity contribution in [2.75, 3.05) is 5.43 Å². The summed E-state index contributed by atoms with van der Waals surface area (Å²) in [4.78, 5) is 0.251. The maximum absolute atomic E-state index is 12.1. The lowest BCUT2D eigenvalue weighted by Gasteiger charge is -2.20. The number of nitrogens with two attached hydrogens (primary N) is 1. The van der Waals surface area contributed by atoms with Crippen LogP contribution in [0.3, 0.4) is 0 Å². The Kier molecular flexibility index (Phi) is 5.13. The molecule has 0 bridgehead atoms. The smallest absolute Gasteiger partial charge is 0.240 e. The Hall–Kier alpha value is -1.11. The van der Waals surface area contributed by atoms with Gasteiger partial charge in [-0.15, -0.1) is 0 Å². The molecule has 4 N–H and O–H groups in total. The lowest BCUT2D eigenvalue weighted by atomic mass is 10.0. The molecule has 1 aromatic carbocycles. The van der Waals surface area contributed by atoms with E-state index in [1.807, 2.05) is 20.8 Å². The van der Waals surface area contributed by atoms with E-state index in [4.69, 9.17) is 5.84 Å². The third-order valence-electron chi connectivity index (χ3n) is 2.88. The standard InChI is InChI=1S/C12H21N3O2S/c1-4-12(9(2)3)15-18(16,17)11-7-5-10(14-13)6-8-11/h5-9,12,14-15H,4,13H2,1-3H3. The van der Waals surface area contributed by atoms with Crippen molar-refractivity contribution in [3.63, 3.8) is 0 Å². The van der Waals surface area contributed by atoms with Crippen molar-refractivity contribution in [3.8, 4) is 0 Å². The number of nitrogen functional groups attached to an aromatic ring is 1. The summed E-state index contributed by atoms with van der Waals surface area (Å²) in [6, 6.07) is 6.27. The molecule has 0 aliphatic carbocycles. The van der Waals surface area contributed by atoms with Gasteiger partial charge in [0.05, 0.1) is 4.90 Å². The average Bonchev–Trinajstić information content (AvgIpc) is 2.35. The van der Waals surface area contributed by atoms with Gasteiger partial charge < -0.3 is 5.43 Å². The van der Waals surface area contributed by atoms with Crippen LogP contribution in [-0.4, -0.2) is 14.5 Å². The molecular weight excluding hydrogens is 250 g/mol. The first-order valence-electron chi connectivity index (χ1n) is 5.99. The predicted molar refractivity (Wildman–Crippen MR) is 73.5 cm³/mol. The molecule has 1 atom stereocenters. The van der Waals surface area contributed by atoms with E-state index in [0.717, 1.165) is 6.42 Å². The Morgan fingerprint density at radius 2 is 1.78 bits per heavy atom. The van der Waals surface area contributed by atoms with Crippen molar-refractivity contribution in [2.24, 2.45) is 11.8 Å². The molecule has 0 heterocycles. The number of anilines is 1. The molecule has 0 saturated carbocycles. The van der Waals surface area contributed by atoms with Gasteiger partial charge in [-0.3, -0.25) is 5.84 Å². The summed E-state index contributed by atoms with van der Waals surface area (Å²) in [5.74, 6) is 5.49. The summed E-state index contributed by atoms with van der Waals surface area (Å²) in [5.41, 5.74) is 3.13. The highest BCUT2D eigenvalue weighted by Gasteiger charge is 2.20. The zero-order valence-electron chi connectivity index (χ0n) is 11.0. The minimum atomic E-state index is -3.46. The number of sulfonamides is 1. The summed E-state index contributed by atoms with van der Waals surface area (Å²) in [6.45, 7) is 5.96. The van der Waals surface area contributed by atoms with Crippen LogP contribution in [0.1, 0.15) is 27.2 Å². The van der Waals surface area contributed by atoms with Gasteiger partial charge in [0.25, 0.3) is 0 Å². The summed E-state index contributed by atoms with van der Waals surface area (Å²) < 4.78 is 27.0. The molecular formula is C12H21N3O2S. The summed E-state index contributed by atoms with van der Waals surface area (Å²) in [7, 11) is -3.46. The van der Waals surface area contributed by atoms with E-state index in [0.29, 0.717) is 5.69 Å². The largest absolute Gasteiger partial charge is 0.324 e. The lowest BCUT2D eigenvalue weighted by Crippen LogP contribution is -2.37. The van der Waals surface area contributed by atoms with Crippen LogP contribution >= 0.6 is 0 Å². The predicted octanol–water partition coefficient (Wildman–Crippen LogP) is 1.69. The highest BCUT2D eigenvalue weighted by molar-refractivity contribution is 7.89. The van der Waals surface area contributed by atoms with Crippen molar-refractivity contribution in [2.45, 2.75) is 38.1 Å². The molecule has 0 spiro atoms. The zero-order valence-corrected chi connectivity index (χ0v) is 11.8. The van der Waals surface area contributed by atoms with Gasteiger partial charge >= 0.3 is 0 Å². The number of hydrazine groups is 1. The van der Waals surface area contributed by atoms with Gasteiger partial charge in [-0.25, -0.2) is 13.1 Å². The molecule has 1 rings (SSSR count). The molecule has 0 aliphatic heterocycles. The second-order valence-electron chi connectivity index (χ2n) is 4.55. The Morgan fingerprint density at radius 3 is 2.17 bits per heavy atom. The van der Waals surface area contributed by atoms with Crippen molar-refractivity contribution in [1.82, 2.24) is 4.72 Å². The van der Waals surface area contributed by atoms with Crippen LogP contribution in [0, 0.1) is 5.92 Å². The van der Waals surface area contributed by atoms with E-state index < -0.39 is 10.0 Å². The maximum Gasteiger partial charge on any atom is 0.240 e. The first-order chi connectivity index (χ1) is 8.40. The molecule has 0 amide bonds. The van der Waals surface area contributed by atoms with Crippen LogP contribution in [0.15, 0.2) is 29.2 Å². The van der Waals surface area contributed by atoms with Gasteiger partial charge in [0, 0.05) is 11.7 Å². The molecule has 0 radical (unpaired) electrons. The van der Waals surface area contributed by atoms with E-state index in [-0.39, 0.29) is 16.9 Å².